The van der Waals surface area contributed by atoms with Crippen molar-refractivity contribution in [1.82, 2.24) is 9.88 Å². The number of carboxylic acids is 1. The molecule has 3 atom stereocenters. The highest BCUT2D eigenvalue weighted by molar-refractivity contribution is 7.85. The highest BCUT2D eigenvalue weighted by Gasteiger charge is 2.41. The lowest BCUT2D eigenvalue weighted by Crippen LogP contribution is -2.36. The zero-order valence-electron chi connectivity index (χ0n) is 25.4. The molecular weight excluding hydrogens is 659 g/mol. The van der Waals surface area contributed by atoms with Gasteiger partial charge in [0.15, 0.2) is 11.6 Å². The SMILES string of the molecule is Cc1c(Cc2c(F)cccc2C(F)(F)F)c2n(c(=O)c1-c1ccc3c(c1F)OCO3)C(C(NCCCC(=O)O)c1ccccc1)CS2=O. The number of nitrogens with one attached hydrogen (secondary N) is 1. The molecule has 2 aliphatic rings. The van der Waals surface area contributed by atoms with E-state index in [-0.39, 0.29) is 70.7 Å². The number of carboxylic acid groups (broad SMARTS) is 1. The van der Waals surface area contributed by atoms with Crippen LogP contribution in [0.4, 0.5) is 22.0 Å². The molecule has 2 N–H and O–H groups in total. The van der Waals surface area contributed by atoms with Crippen molar-refractivity contribution in [1.29, 1.82) is 0 Å². The number of hydrogen-bond donors (Lipinski definition) is 2. The molecule has 3 unspecified atom stereocenters. The van der Waals surface area contributed by atoms with Crippen molar-refractivity contribution in [3.8, 4) is 22.6 Å². The lowest BCUT2D eigenvalue weighted by atomic mass is 9.91. The normalized spacial score (nSPS) is 17.4. The summed E-state index contributed by atoms with van der Waals surface area (Å²) in [7, 11) is -1.96. The topological polar surface area (TPSA) is 107 Å². The summed E-state index contributed by atoms with van der Waals surface area (Å²) in [5, 5.41) is 12.3. The van der Waals surface area contributed by atoms with Gasteiger partial charge in [0.25, 0.3) is 5.56 Å². The molecule has 2 aliphatic heterocycles. The smallest absolute Gasteiger partial charge is 0.416 e. The van der Waals surface area contributed by atoms with Crippen molar-refractivity contribution >= 4 is 16.8 Å². The fourth-order valence-corrected chi connectivity index (χ4v) is 8.15. The van der Waals surface area contributed by atoms with Crippen molar-refractivity contribution in [2.24, 2.45) is 0 Å². The maximum absolute atomic E-state index is 16.0. The van der Waals surface area contributed by atoms with Crippen LogP contribution >= 0.6 is 0 Å². The molecule has 0 saturated carbocycles. The minimum absolute atomic E-state index is 0.00390. The number of rotatable bonds is 10. The number of alkyl halides is 3. The highest BCUT2D eigenvalue weighted by atomic mass is 32.2. The number of aliphatic carboxylic acids is 1. The molecule has 8 nitrogen and oxygen atoms in total. The first-order chi connectivity index (χ1) is 22.9. The van der Waals surface area contributed by atoms with Crippen molar-refractivity contribution in [2.45, 2.75) is 49.5 Å². The molecule has 48 heavy (non-hydrogen) atoms. The van der Waals surface area contributed by atoms with E-state index in [2.05, 4.69) is 5.32 Å². The van der Waals surface area contributed by atoms with Gasteiger partial charge in [0.2, 0.25) is 12.5 Å². The minimum Gasteiger partial charge on any atom is -0.481 e. The number of nitrogens with zero attached hydrogens (tertiary/aromatic N) is 1. The molecule has 0 aliphatic carbocycles. The van der Waals surface area contributed by atoms with Crippen LogP contribution in [0, 0.1) is 18.6 Å². The lowest BCUT2D eigenvalue weighted by molar-refractivity contribution is -0.138. The van der Waals surface area contributed by atoms with E-state index < -0.39 is 69.8 Å². The van der Waals surface area contributed by atoms with E-state index in [9.17, 15) is 27.0 Å². The van der Waals surface area contributed by atoms with Crippen LogP contribution in [0.2, 0.25) is 0 Å². The summed E-state index contributed by atoms with van der Waals surface area (Å²) in [6, 6.07) is 12.5. The zero-order valence-corrected chi connectivity index (χ0v) is 26.2. The molecule has 252 valence electrons. The maximum atomic E-state index is 16.0. The fourth-order valence-electron chi connectivity index (χ4n) is 6.40. The van der Waals surface area contributed by atoms with Gasteiger partial charge in [-0.15, -0.1) is 0 Å². The first-order valence-corrected chi connectivity index (χ1v) is 16.3. The van der Waals surface area contributed by atoms with Gasteiger partial charge < -0.3 is 19.9 Å². The molecule has 0 bridgehead atoms. The molecular formula is C34H29F5N2O6S. The Balaban J connectivity index is 1.60. The van der Waals surface area contributed by atoms with Crippen LogP contribution in [0.15, 0.2) is 70.5 Å². The Morgan fingerprint density at radius 3 is 2.52 bits per heavy atom. The van der Waals surface area contributed by atoms with Crippen molar-refractivity contribution in [3.63, 3.8) is 0 Å². The zero-order chi connectivity index (χ0) is 34.3. The first kappa shape index (κ1) is 33.3. The highest BCUT2D eigenvalue weighted by Crippen LogP contribution is 2.44. The molecule has 14 heteroatoms. The first-order valence-electron chi connectivity index (χ1n) is 15.0. The van der Waals surface area contributed by atoms with E-state index in [4.69, 9.17) is 14.6 Å². The summed E-state index contributed by atoms with van der Waals surface area (Å²) in [6.45, 7) is 1.35. The second kappa shape index (κ2) is 13.2. The molecule has 0 amide bonds. The molecule has 0 fully saturated rings. The van der Waals surface area contributed by atoms with Crippen LogP contribution in [0.5, 0.6) is 11.5 Å². The second-order valence-electron chi connectivity index (χ2n) is 11.5. The van der Waals surface area contributed by atoms with Crippen LogP contribution in [0.3, 0.4) is 0 Å². The third-order valence-electron chi connectivity index (χ3n) is 8.61. The summed E-state index contributed by atoms with van der Waals surface area (Å²) >= 11 is 0. The molecule has 0 spiro atoms. The largest absolute Gasteiger partial charge is 0.481 e. The maximum Gasteiger partial charge on any atom is 0.416 e. The number of fused-ring (bicyclic) bond motifs is 2. The molecule has 1 aromatic heterocycles. The van der Waals surface area contributed by atoms with E-state index in [0.717, 1.165) is 18.2 Å². The fraction of sp³-hybridized carbons (Fsp3) is 0.294. The third-order valence-corrected chi connectivity index (χ3v) is 10.1. The van der Waals surface area contributed by atoms with Gasteiger partial charge in [0.1, 0.15) is 10.8 Å². The van der Waals surface area contributed by atoms with Gasteiger partial charge in [-0.25, -0.2) is 8.78 Å². The molecule has 3 aromatic carbocycles. The summed E-state index contributed by atoms with van der Waals surface area (Å²) in [6.07, 6.45) is -5.52. The van der Waals surface area contributed by atoms with Crippen LogP contribution < -0.4 is 20.3 Å². The average Bonchev–Trinajstić information content (AvgIpc) is 3.66. The van der Waals surface area contributed by atoms with Gasteiger partial charge in [-0.05, 0) is 60.8 Å². The summed E-state index contributed by atoms with van der Waals surface area (Å²) in [4.78, 5) is 25.7. The molecule has 0 radical (unpaired) electrons. The Hall–Kier alpha value is -4.56. The standard InChI is InChI=1S/C34H29F5N2O6S/c1-18-21(15-22-23(34(37,38)39)9-5-10-24(22)35)33-41(32(44)28(18)20-12-13-26-31(29(20)36)47-17-46-26)25(16-48(33)45)30(19-7-3-2-4-8-19)40-14-6-11-27(42)43/h2-5,7-10,12-13,25,30,40H,6,11,14-17H2,1H3,(H,42,43). The molecule has 3 heterocycles. The Bertz CT molecular complexity index is 1980. The summed E-state index contributed by atoms with van der Waals surface area (Å²) < 4.78 is 99.4. The lowest BCUT2D eigenvalue weighted by Gasteiger charge is -2.28. The van der Waals surface area contributed by atoms with Crippen LogP contribution in [-0.2, 0) is 28.2 Å². The van der Waals surface area contributed by atoms with Crippen molar-refractivity contribution in [3.05, 3.63) is 110 Å². The van der Waals surface area contributed by atoms with Crippen LogP contribution in [0.25, 0.3) is 11.1 Å². The number of pyridine rings is 1. The predicted octanol–water partition coefficient (Wildman–Crippen LogP) is 6.30. The van der Waals surface area contributed by atoms with Crippen molar-refractivity contribution < 1.29 is 45.5 Å². The van der Waals surface area contributed by atoms with E-state index in [1.165, 1.54) is 23.6 Å². The number of hydrogen-bond acceptors (Lipinski definition) is 6. The number of benzene rings is 3. The van der Waals surface area contributed by atoms with Crippen LogP contribution in [-0.4, -0.2) is 38.9 Å². The summed E-state index contributed by atoms with van der Waals surface area (Å²) in [5.41, 5.74) is -2.42. The van der Waals surface area contributed by atoms with Crippen molar-refractivity contribution in [2.75, 3.05) is 19.1 Å². The second-order valence-corrected chi connectivity index (χ2v) is 12.9. The van der Waals surface area contributed by atoms with E-state index >= 15 is 8.78 Å². The average molecular weight is 689 g/mol. The molecule has 4 aromatic rings. The van der Waals surface area contributed by atoms with Gasteiger partial charge in [-0.3, -0.25) is 18.4 Å². The quantitative estimate of drug-likeness (QED) is 0.149. The Labute approximate surface area is 273 Å². The monoisotopic (exact) mass is 688 g/mol. The van der Waals surface area contributed by atoms with Gasteiger partial charge >= 0.3 is 12.1 Å². The Morgan fingerprint density at radius 1 is 1.06 bits per heavy atom. The molecule has 0 saturated heterocycles. The van der Waals surface area contributed by atoms with Gasteiger partial charge in [0.05, 0.1) is 39.8 Å². The number of aromatic nitrogens is 1. The van der Waals surface area contributed by atoms with Gasteiger partial charge in [0, 0.05) is 24.0 Å². The Kier molecular flexibility index (Phi) is 9.14. The summed E-state index contributed by atoms with van der Waals surface area (Å²) in [5.74, 6) is -3.37. The van der Waals surface area contributed by atoms with Gasteiger partial charge in [-0.1, -0.05) is 36.4 Å². The minimum atomic E-state index is -4.92. The van der Waals surface area contributed by atoms with E-state index in [1.54, 1.807) is 30.3 Å². The number of carbonyl (C=O) groups is 1. The van der Waals surface area contributed by atoms with E-state index in [0.29, 0.717) is 5.56 Å². The third kappa shape index (κ3) is 6.10. The number of ether oxygens (including phenoxy) is 2. The predicted molar refractivity (Wildman–Crippen MR) is 166 cm³/mol. The van der Waals surface area contributed by atoms with Gasteiger partial charge in [-0.2, -0.15) is 13.2 Å². The Morgan fingerprint density at radius 2 is 1.81 bits per heavy atom. The molecule has 6 rings (SSSR count). The van der Waals surface area contributed by atoms with E-state index in [1.807, 2.05) is 0 Å². The number of halogens is 5. The van der Waals surface area contributed by atoms with Crippen LogP contribution in [0.1, 0.15) is 52.7 Å².